The van der Waals surface area contributed by atoms with Crippen LogP contribution in [0.2, 0.25) is 0 Å². The number of likely N-dealkylation sites (tertiary alicyclic amines) is 1. The van der Waals surface area contributed by atoms with Gasteiger partial charge < -0.3 is 4.90 Å². The summed E-state index contributed by atoms with van der Waals surface area (Å²) >= 11 is 0. The molecule has 2 aromatic carbocycles. The summed E-state index contributed by atoms with van der Waals surface area (Å²) in [6.07, 6.45) is 2.05. The van der Waals surface area contributed by atoms with Gasteiger partial charge in [0.2, 0.25) is 0 Å². The fourth-order valence-electron chi connectivity index (χ4n) is 3.80. The summed E-state index contributed by atoms with van der Waals surface area (Å²) in [7, 11) is 0. The molecule has 2 heterocycles. The van der Waals surface area contributed by atoms with Gasteiger partial charge in [0.25, 0.3) is 5.91 Å². The molecule has 0 saturated carbocycles. The van der Waals surface area contributed by atoms with Gasteiger partial charge in [-0.2, -0.15) is 0 Å². The molecule has 0 atom stereocenters. The van der Waals surface area contributed by atoms with Gasteiger partial charge >= 0.3 is 0 Å². The molecule has 1 aromatic heterocycles. The number of amides is 1. The van der Waals surface area contributed by atoms with Crippen LogP contribution in [-0.2, 0) is 0 Å². The van der Waals surface area contributed by atoms with E-state index in [9.17, 15) is 4.79 Å². The number of hydrogen-bond acceptors (Lipinski definition) is 2. The third-order valence-electron chi connectivity index (χ3n) is 5.13. The lowest BCUT2D eigenvalue weighted by atomic mass is 9.89. The number of pyridine rings is 1. The van der Waals surface area contributed by atoms with Gasteiger partial charge in [-0.3, -0.25) is 9.78 Å². The van der Waals surface area contributed by atoms with Crippen LogP contribution in [0.15, 0.2) is 60.7 Å². The number of fused-ring (bicyclic) bond motifs is 1. The topological polar surface area (TPSA) is 33.2 Å². The number of piperidine rings is 1. The largest absolute Gasteiger partial charge is 0.339 e. The first-order chi connectivity index (χ1) is 12.2. The molecule has 0 bridgehead atoms. The molecular weight excluding hydrogens is 308 g/mol. The summed E-state index contributed by atoms with van der Waals surface area (Å²) in [5.74, 6) is 0.689. The van der Waals surface area contributed by atoms with Gasteiger partial charge in [-0.1, -0.05) is 48.5 Å². The Hall–Kier alpha value is -2.68. The Morgan fingerprint density at radius 2 is 1.68 bits per heavy atom. The molecule has 4 rings (SSSR count). The molecule has 1 saturated heterocycles. The van der Waals surface area contributed by atoms with Gasteiger partial charge in [-0.05, 0) is 43.4 Å². The number of aromatic nitrogens is 1. The molecule has 126 valence electrons. The molecule has 0 aliphatic carbocycles. The third kappa shape index (κ3) is 3.14. The maximum absolute atomic E-state index is 13.1. The van der Waals surface area contributed by atoms with E-state index >= 15 is 0 Å². The number of para-hydroxylation sites is 1. The molecule has 0 N–H and O–H groups in total. The van der Waals surface area contributed by atoms with Crippen molar-refractivity contribution in [2.24, 2.45) is 0 Å². The molecule has 25 heavy (non-hydrogen) atoms. The molecule has 1 fully saturated rings. The Kier molecular flexibility index (Phi) is 4.22. The van der Waals surface area contributed by atoms with Crippen molar-refractivity contribution in [2.75, 3.05) is 13.1 Å². The highest BCUT2D eigenvalue weighted by atomic mass is 16.2. The summed E-state index contributed by atoms with van der Waals surface area (Å²) in [6, 6.07) is 20.5. The molecule has 3 nitrogen and oxygen atoms in total. The van der Waals surface area contributed by atoms with Gasteiger partial charge in [0.15, 0.2) is 0 Å². The number of aryl methyl sites for hydroxylation is 1. The van der Waals surface area contributed by atoms with E-state index < -0.39 is 0 Å². The summed E-state index contributed by atoms with van der Waals surface area (Å²) in [4.78, 5) is 19.7. The van der Waals surface area contributed by atoms with Crippen LogP contribution in [0.4, 0.5) is 0 Å². The molecule has 1 aliphatic rings. The predicted molar refractivity (Wildman–Crippen MR) is 101 cm³/mol. The van der Waals surface area contributed by atoms with Crippen molar-refractivity contribution >= 4 is 16.8 Å². The van der Waals surface area contributed by atoms with Crippen LogP contribution in [-0.4, -0.2) is 28.9 Å². The number of carbonyl (C=O) groups is 1. The highest BCUT2D eigenvalue weighted by molar-refractivity contribution is 6.06. The molecule has 3 aromatic rings. The van der Waals surface area contributed by atoms with E-state index in [1.54, 1.807) is 0 Å². The Balaban J connectivity index is 1.55. The lowest BCUT2D eigenvalue weighted by Gasteiger charge is -2.32. The van der Waals surface area contributed by atoms with Crippen LogP contribution in [0.5, 0.6) is 0 Å². The van der Waals surface area contributed by atoms with E-state index in [-0.39, 0.29) is 5.91 Å². The van der Waals surface area contributed by atoms with E-state index in [1.807, 2.05) is 42.2 Å². The molecule has 0 radical (unpaired) electrons. The number of hydrogen-bond donors (Lipinski definition) is 0. The molecule has 0 unspecified atom stereocenters. The van der Waals surface area contributed by atoms with Crippen LogP contribution in [0.25, 0.3) is 10.9 Å². The van der Waals surface area contributed by atoms with Crippen LogP contribution in [0, 0.1) is 6.92 Å². The normalized spacial score (nSPS) is 15.5. The SMILES string of the molecule is Cc1cc(C(=O)N2CCC(c3ccccc3)CC2)c2ccccc2n1. The lowest BCUT2D eigenvalue weighted by Crippen LogP contribution is -2.38. The Labute approximate surface area is 148 Å². The molecule has 1 aliphatic heterocycles. The maximum Gasteiger partial charge on any atom is 0.254 e. The quantitative estimate of drug-likeness (QED) is 0.690. The lowest BCUT2D eigenvalue weighted by molar-refractivity contribution is 0.0715. The Bertz CT molecular complexity index is 896. The predicted octanol–water partition coefficient (Wildman–Crippen LogP) is 4.56. The van der Waals surface area contributed by atoms with Crippen molar-refractivity contribution in [3.63, 3.8) is 0 Å². The van der Waals surface area contributed by atoms with Crippen molar-refractivity contribution in [1.82, 2.24) is 9.88 Å². The summed E-state index contributed by atoms with van der Waals surface area (Å²) in [5, 5.41) is 0.947. The number of benzene rings is 2. The highest BCUT2D eigenvalue weighted by Gasteiger charge is 2.25. The zero-order valence-electron chi connectivity index (χ0n) is 14.5. The van der Waals surface area contributed by atoms with Crippen LogP contribution in [0.3, 0.4) is 0 Å². The second kappa shape index (κ2) is 6.67. The first-order valence-electron chi connectivity index (χ1n) is 8.93. The van der Waals surface area contributed by atoms with Crippen molar-refractivity contribution in [3.05, 3.63) is 77.5 Å². The summed E-state index contributed by atoms with van der Waals surface area (Å²) < 4.78 is 0. The van der Waals surface area contributed by atoms with Crippen molar-refractivity contribution in [3.8, 4) is 0 Å². The number of nitrogens with zero attached hydrogens (tertiary/aromatic N) is 2. The average molecular weight is 330 g/mol. The van der Waals surface area contributed by atoms with Crippen molar-refractivity contribution < 1.29 is 4.79 Å². The Morgan fingerprint density at radius 3 is 2.44 bits per heavy atom. The third-order valence-corrected chi connectivity index (χ3v) is 5.13. The molecular formula is C22H22N2O. The average Bonchev–Trinajstić information content (AvgIpc) is 2.67. The zero-order chi connectivity index (χ0) is 17.2. The van der Waals surface area contributed by atoms with Crippen LogP contribution < -0.4 is 0 Å². The van der Waals surface area contributed by atoms with E-state index in [4.69, 9.17) is 0 Å². The van der Waals surface area contributed by atoms with E-state index in [2.05, 4.69) is 35.3 Å². The summed E-state index contributed by atoms with van der Waals surface area (Å²) in [6.45, 7) is 3.58. The summed E-state index contributed by atoms with van der Waals surface area (Å²) in [5.41, 5.74) is 3.95. The molecule has 3 heteroatoms. The van der Waals surface area contributed by atoms with Gasteiger partial charge in [-0.15, -0.1) is 0 Å². The monoisotopic (exact) mass is 330 g/mol. The number of carbonyl (C=O) groups excluding carboxylic acids is 1. The first kappa shape index (κ1) is 15.8. The minimum Gasteiger partial charge on any atom is -0.339 e. The van der Waals surface area contributed by atoms with E-state index in [1.165, 1.54) is 5.56 Å². The van der Waals surface area contributed by atoms with Gasteiger partial charge in [0.05, 0.1) is 11.1 Å². The standard InChI is InChI=1S/C22H22N2O/c1-16-15-20(19-9-5-6-10-21(19)23-16)22(25)24-13-11-18(12-14-24)17-7-3-2-4-8-17/h2-10,15,18H,11-14H2,1H3. The molecule has 0 spiro atoms. The fourth-order valence-corrected chi connectivity index (χ4v) is 3.80. The first-order valence-corrected chi connectivity index (χ1v) is 8.93. The smallest absolute Gasteiger partial charge is 0.254 e. The van der Waals surface area contributed by atoms with Crippen LogP contribution >= 0.6 is 0 Å². The minimum atomic E-state index is 0.133. The fraction of sp³-hybridized carbons (Fsp3) is 0.273. The van der Waals surface area contributed by atoms with E-state index in [0.29, 0.717) is 5.92 Å². The molecule has 1 amide bonds. The second-order valence-corrected chi connectivity index (χ2v) is 6.81. The van der Waals surface area contributed by atoms with E-state index in [0.717, 1.165) is 48.1 Å². The highest BCUT2D eigenvalue weighted by Crippen LogP contribution is 2.29. The van der Waals surface area contributed by atoms with Gasteiger partial charge in [-0.25, -0.2) is 0 Å². The van der Waals surface area contributed by atoms with Crippen molar-refractivity contribution in [1.29, 1.82) is 0 Å². The van der Waals surface area contributed by atoms with Gasteiger partial charge in [0.1, 0.15) is 0 Å². The number of rotatable bonds is 2. The maximum atomic E-state index is 13.1. The zero-order valence-corrected chi connectivity index (χ0v) is 14.5. The second-order valence-electron chi connectivity index (χ2n) is 6.81. The van der Waals surface area contributed by atoms with Crippen LogP contribution in [0.1, 0.15) is 40.4 Å². The van der Waals surface area contributed by atoms with Crippen molar-refractivity contribution in [2.45, 2.75) is 25.7 Å². The van der Waals surface area contributed by atoms with Gasteiger partial charge in [0, 0.05) is 24.2 Å². The Morgan fingerprint density at radius 1 is 1.00 bits per heavy atom. The minimum absolute atomic E-state index is 0.133.